The van der Waals surface area contributed by atoms with Gasteiger partial charge in [0.05, 0.1) is 5.41 Å². The molecule has 16 heavy (non-hydrogen) atoms. The lowest BCUT2D eigenvalue weighted by Crippen LogP contribution is -2.26. The van der Waals surface area contributed by atoms with Crippen LogP contribution in [-0.2, 0) is 10.2 Å². The number of carboxylic acids is 1. The molecule has 1 unspecified atom stereocenters. The van der Waals surface area contributed by atoms with Crippen LogP contribution in [0.1, 0.15) is 37.0 Å². The first-order valence-electron chi connectivity index (χ1n) is 5.62. The van der Waals surface area contributed by atoms with Crippen LogP contribution in [0.25, 0.3) is 0 Å². The van der Waals surface area contributed by atoms with Crippen molar-refractivity contribution in [1.29, 1.82) is 0 Å². The van der Waals surface area contributed by atoms with Crippen molar-refractivity contribution >= 4 is 5.97 Å². The van der Waals surface area contributed by atoms with Gasteiger partial charge in [-0.25, -0.2) is 0 Å². The number of aryl methyl sites for hydroxylation is 2. The Morgan fingerprint density at radius 2 is 1.88 bits per heavy atom. The molecule has 0 amide bonds. The second-order valence-electron chi connectivity index (χ2n) is 5.59. The Balaban J connectivity index is 2.59. The van der Waals surface area contributed by atoms with E-state index in [1.165, 1.54) is 0 Å². The molecule has 0 bridgehead atoms. The molecule has 0 heterocycles. The number of hydrogen-bond acceptors (Lipinski definition) is 1. The number of rotatable bonds is 2. The van der Waals surface area contributed by atoms with Gasteiger partial charge in [0, 0.05) is 0 Å². The monoisotopic (exact) mass is 218 g/mol. The summed E-state index contributed by atoms with van der Waals surface area (Å²) >= 11 is 0. The van der Waals surface area contributed by atoms with Gasteiger partial charge < -0.3 is 5.11 Å². The highest BCUT2D eigenvalue weighted by Gasteiger charge is 2.68. The first kappa shape index (κ1) is 11.2. The van der Waals surface area contributed by atoms with Gasteiger partial charge in [-0.2, -0.15) is 0 Å². The number of carboxylic acid groups (broad SMARTS) is 1. The third kappa shape index (κ3) is 1.29. The van der Waals surface area contributed by atoms with Gasteiger partial charge in [0.1, 0.15) is 0 Å². The third-order valence-corrected chi connectivity index (χ3v) is 3.96. The van der Waals surface area contributed by atoms with Crippen molar-refractivity contribution in [3.05, 3.63) is 34.9 Å². The van der Waals surface area contributed by atoms with Crippen LogP contribution in [0.3, 0.4) is 0 Å². The first-order valence-corrected chi connectivity index (χ1v) is 5.62. The van der Waals surface area contributed by atoms with E-state index in [4.69, 9.17) is 0 Å². The van der Waals surface area contributed by atoms with Crippen LogP contribution in [0.5, 0.6) is 0 Å². The fraction of sp³-hybridized carbons (Fsp3) is 0.500. The molecule has 0 saturated heterocycles. The standard InChI is InChI=1S/C14H18O2/c1-9-5-6-10(2)11(7-9)14(12(15)16)8-13(14,3)4/h5-7H,8H2,1-4H3,(H,15,16). The SMILES string of the molecule is Cc1ccc(C)c(C2(C(=O)O)CC2(C)C)c1. The highest BCUT2D eigenvalue weighted by molar-refractivity contribution is 5.87. The zero-order valence-electron chi connectivity index (χ0n) is 10.3. The maximum atomic E-state index is 11.6. The molecule has 2 heteroatoms. The molecule has 0 aromatic heterocycles. The molecule has 1 fully saturated rings. The second-order valence-corrected chi connectivity index (χ2v) is 5.59. The van der Waals surface area contributed by atoms with Crippen molar-refractivity contribution in [1.82, 2.24) is 0 Å². The Labute approximate surface area is 96.3 Å². The van der Waals surface area contributed by atoms with Crippen LogP contribution in [-0.4, -0.2) is 11.1 Å². The molecule has 1 aromatic rings. The average Bonchev–Trinajstić information content (AvgIpc) is 2.75. The van der Waals surface area contributed by atoms with Crippen LogP contribution >= 0.6 is 0 Å². The summed E-state index contributed by atoms with van der Waals surface area (Å²) in [6, 6.07) is 6.08. The summed E-state index contributed by atoms with van der Waals surface area (Å²) in [5, 5.41) is 9.51. The molecule has 86 valence electrons. The fourth-order valence-electron chi connectivity index (χ4n) is 2.75. The van der Waals surface area contributed by atoms with Crippen LogP contribution < -0.4 is 0 Å². The number of aliphatic carboxylic acids is 1. The summed E-state index contributed by atoms with van der Waals surface area (Å²) in [6.07, 6.45) is 0.736. The van der Waals surface area contributed by atoms with E-state index < -0.39 is 11.4 Å². The molecule has 1 saturated carbocycles. The van der Waals surface area contributed by atoms with Crippen LogP contribution in [0, 0.1) is 19.3 Å². The molecule has 1 aliphatic rings. The number of hydrogen-bond donors (Lipinski definition) is 1. The highest BCUT2D eigenvalue weighted by atomic mass is 16.4. The maximum absolute atomic E-state index is 11.6. The number of benzene rings is 1. The summed E-state index contributed by atoms with van der Waals surface area (Å²) in [4.78, 5) is 11.6. The Hall–Kier alpha value is -1.31. The van der Waals surface area contributed by atoms with Gasteiger partial charge in [-0.15, -0.1) is 0 Å². The highest BCUT2D eigenvalue weighted by Crippen LogP contribution is 2.65. The second kappa shape index (κ2) is 3.09. The molecule has 1 aromatic carbocycles. The zero-order chi connectivity index (χ0) is 12.1. The topological polar surface area (TPSA) is 37.3 Å². The lowest BCUT2D eigenvalue weighted by atomic mass is 9.84. The first-order chi connectivity index (χ1) is 7.31. The zero-order valence-corrected chi connectivity index (χ0v) is 10.3. The molecule has 2 nitrogen and oxygen atoms in total. The quantitative estimate of drug-likeness (QED) is 0.828. The van der Waals surface area contributed by atoms with Gasteiger partial charge in [-0.05, 0) is 36.8 Å². The largest absolute Gasteiger partial charge is 0.481 e. The average molecular weight is 218 g/mol. The Kier molecular flexibility index (Phi) is 2.16. The predicted molar refractivity (Wildman–Crippen MR) is 63.6 cm³/mol. The third-order valence-electron chi connectivity index (χ3n) is 3.96. The van der Waals surface area contributed by atoms with Crippen LogP contribution in [0.2, 0.25) is 0 Å². The van der Waals surface area contributed by atoms with Crippen molar-refractivity contribution in [2.75, 3.05) is 0 Å². The molecule has 0 radical (unpaired) electrons. The van der Waals surface area contributed by atoms with E-state index in [0.717, 1.165) is 23.1 Å². The summed E-state index contributed by atoms with van der Waals surface area (Å²) in [7, 11) is 0. The van der Waals surface area contributed by atoms with Gasteiger partial charge in [-0.1, -0.05) is 37.6 Å². The molecule has 0 aliphatic heterocycles. The van der Waals surface area contributed by atoms with Gasteiger partial charge in [0.25, 0.3) is 0 Å². The Morgan fingerprint density at radius 1 is 1.31 bits per heavy atom. The Bertz CT molecular complexity index is 460. The summed E-state index contributed by atoms with van der Waals surface area (Å²) < 4.78 is 0. The smallest absolute Gasteiger partial charge is 0.314 e. The maximum Gasteiger partial charge on any atom is 0.314 e. The fourth-order valence-corrected chi connectivity index (χ4v) is 2.75. The summed E-state index contributed by atoms with van der Waals surface area (Å²) in [5.41, 5.74) is 2.41. The minimum Gasteiger partial charge on any atom is -0.481 e. The molecule has 1 atom stereocenters. The van der Waals surface area contributed by atoms with E-state index in [1.54, 1.807) is 0 Å². The van der Waals surface area contributed by atoms with E-state index in [-0.39, 0.29) is 5.41 Å². The molecular formula is C14H18O2. The lowest BCUT2D eigenvalue weighted by Gasteiger charge is -2.19. The van der Waals surface area contributed by atoms with Crippen molar-refractivity contribution in [2.45, 2.75) is 39.5 Å². The van der Waals surface area contributed by atoms with Crippen LogP contribution in [0.15, 0.2) is 18.2 Å². The van der Waals surface area contributed by atoms with E-state index in [9.17, 15) is 9.90 Å². The van der Waals surface area contributed by atoms with Crippen molar-refractivity contribution < 1.29 is 9.90 Å². The molecule has 2 rings (SSSR count). The number of carbonyl (C=O) groups is 1. The van der Waals surface area contributed by atoms with Crippen molar-refractivity contribution in [3.8, 4) is 0 Å². The van der Waals surface area contributed by atoms with Gasteiger partial charge >= 0.3 is 5.97 Å². The van der Waals surface area contributed by atoms with Crippen molar-refractivity contribution in [3.63, 3.8) is 0 Å². The van der Waals surface area contributed by atoms with Crippen LogP contribution in [0.4, 0.5) is 0 Å². The molecule has 1 N–H and O–H groups in total. The van der Waals surface area contributed by atoms with Crippen molar-refractivity contribution in [2.24, 2.45) is 5.41 Å². The minimum absolute atomic E-state index is 0.128. The summed E-state index contributed by atoms with van der Waals surface area (Å²) in [5.74, 6) is -0.689. The van der Waals surface area contributed by atoms with Gasteiger partial charge in [-0.3, -0.25) is 4.79 Å². The van der Waals surface area contributed by atoms with E-state index in [2.05, 4.69) is 0 Å². The molecule has 1 aliphatic carbocycles. The lowest BCUT2D eigenvalue weighted by molar-refractivity contribution is -0.141. The van der Waals surface area contributed by atoms with Gasteiger partial charge in [0.15, 0.2) is 0 Å². The van der Waals surface area contributed by atoms with Gasteiger partial charge in [0.2, 0.25) is 0 Å². The molecule has 0 spiro atoms. The normalized spacial score (nSPS) is 26.5. The predicted octanol–water partition coefficient (Wildman–Crippen LogP) is 3.06. The van der Waals surface area contributed by atoms with E-state index in [1.807, 2.05) is 45.9 Å². The van der Waals surface area contributed by atoms with E-state index >= 15 is 0 Å². The van der Waals surface area contributed by atoms with E-state index in [0.29, 0.717) is 0 Å². The molecular weight excluding hydrogens is 200 g/mol. The summed E-state index contributed by atoms with van der Waals surface area (Å²) in [6.45, 7) is 8.06. The minimum atomic E-state index is -0.689. The Morgan fingerprint density at radius 3 is 2.31 bits per heavy atom.